The zero-order chi connectivity index (χ0) is 22.0. The van der Waals surface area contributed by atoms with E-state index in [-0.39, 0.29) is 5.54 Å². The maximum atomic E-state index is 6.15. The molecule has 32 heavy (non-hydrogen) atoms. The maximum absolute atomic E-state index is 6.15. The lowest BCUT2D eigenvalue weighted by molar-refractivity contribution is 0.330. The summed E-state index contributed by atoms with van der Waals surface area (Å²) in [6.45, 7) is 2.33. The monoisotopic (exact) mass is 441 g/mol. The average molecular weight is 442 g/mol. The Morgan fingerprint density at radius 1 is 0.875 bits per heavy atom. The van der Waals surface area contributed by atoms with E-state index in [0.717, 1.165) is 47.3 Å². The zero-order valence-corrected chi connectivity index (χ0v) is 19.1. The lowest BCUT2D eigenvalue weighted by Gasteiger charge is -2.39. The second kappa shape index (κ2) is 8.84. The molecule has 1 aromatic heterocycles. The van der Waals surface area contributed by atoms with Crippen LogP contribution in [0.1, 0.15) is 32.6 Å². The van der Waals surface area contributed by atoms with Gasteiger partial charge in [0.25, 0.3) is 0 Å². The molecular formula is C28H28ClN3. The van der Waals surface area contributed by atoms with Crippen molar-refractivity contribution in [3.05, 3.63) is 90.1 Å². The summed E-state index contributed by atoms with van der Waals surface area (Å²) in [4.78, 5) is 4.47. The van der Waals surface area contributed by atoms with Crippen molar-refractivity contribution >= 4 is 33.9 Å². The number of anilines is 2. The Morgan fingerprint density at radius 2 is 1.59 bits per heavy atom. The Balaban J connectivity index is 1.21. The Kier molecular flexibility index (Phi) is 5.75. The first-order valence-electron chi connectivity index (χ1n) is 11.3. The number of halogens is 1. The van der Waals surface area contributed by atoms with Crippen LogP contribution in [-0.4, -0.2) is 16.6 Å². The van der Waals surface area contributed by atoms with Crippen LogP contribution in [0.25, 0.3) is 22.0 Å². The Bertz CT molecular complexity index is 1200. The van der Waals surface area contributed by atoms with Crippen LogP contribution in [0, 0.1) is 0 Å². The van der Waals surface area contributed by atoms with Gasteiger partial charge in [-0.2, -0.15) is 0 Å². The van der Waals surface area contributed by atoms with E-state index in [2.05, 4.69) is 89.3 Å². The van der Waals surface area contributed by atoms with Gasteiger partial charge in [0.15, 0.2) is 0 Å². The SMILES string of the molecule is CC1(Nc2ccnc3cc(Cl)ccc23)CCC(Nc2ccc(-c3ccccc3)cc2)CC1. The summed E-state index contributed by atoms with van der Waals surface area (Å²) in [6, 6.07) is 27.8. The van der Waals surface area contributed by atoms with E-state index in [4.69, 9.17) is 11.6 Å². The van der Waals surface area contributed by atoms with Gasteiger partial charge < -0.3 is 10.6 Å². The molecule has 0 spiro atoms. The smallest absolute Gasteiger partial charge is 0.0737 e. The number of pyridine rings is 1. The molecule has 1 saturated carbocycles. The summed E-state index contributed by atoms with van der Waals surface area (Å²) < 4.78 is 0. The summed E-state index contributed by atoms with van der Waals surface area (Å²) in [6.07, 6.45) is 6.36. The molecule has 0 saturated heterocycles. The number of fused-ring (bicyclic) bond motifs is 1. The molecule has 3 aromatic carbocycles. The van der Waals surface area contributed by atoms with Crippen LogP contribution < -0.4 is 10.6 Å². The molecule has 1 heterocycles. The van der Waals surface area contributed by atoms with E-state index >= 15 is 0 Å². The lowest BCUT2D eigenvalue weighted by Crippen LogP contribution is -2.42. The first kappa shape index (κ1) is 20.8. The third kappa shape index (κ3) is 4.58. The van der Waals surface area contributed by atoms with Crippen molar-refractivity contribution in [2.75, 3.05) is 10.6 Å². The van der Waals surface area contributed by atoms with Crippen LogP contribution in [0.2, 0.25) is 5.02 Å². The molecule has 0 bridgehead atoms. The number of nitrogens with zero attached hydrogens (tertiary/aromatic N) is 1. The predicted molar refractivity (Wildman–Crippen MR) is 137 cm³/mol. The fraction of sp³-hybridized carbons (Fsp3) is 0.250. The lowest BCUT2D eigenvalue weighted by atomic mass is 9.80. The van der Waals surface area contributed by atoms with Gasteiger partial charge in [0.2, 0.25) is 0 Å². The van der Waals surface area contributed by atoms with Crippen molar-refractivity contribution in [2.24, 2.45) is 0 Å². The van der Waals surface area contributed by atoms with Crippen LogP contribution in [0.4, 0.5) is 11.4 Å². The molecule has 4 heteroatoms. The van der Waals surface area contributed by atoms with Crippen LogP contribution in [0.3, 0.4) is 0 Å². The number of hydrogen-bond acceptors (Lipinski definition) is 3. The Labute approximate surface area is 194 Å². The minimum absolute atomic E-state index is 0.0727. The topological polar surface area (TPSA) is 37.0 Å². The van der Waals surface area contributed by atoms with E-state index in [9.17, 15) is 0 Å². The minimum atomic E-state index is 0.0727. The fourth-order valence-electron chi connectivity index (χ4n) is 4.70. The third-order valence-electron chi connectivity index (χ3n) is 6.59. The summed E-state index contributed by atoms with van der Waals surface area (Å²) in [5.41, 5.74) is 5.84. The quantitative estimate of drug-likeness (QED) is 0.332. The molecule has 4 aromatic rings. The average Bonchev–Trinajstić information content (AvgIpc) is 2.82. The van der Waals surface area contributed by atoms with Crippen molar-refractivity contribution in [2.45, 2.75) is 44.2 Å². The van der Waals surface area contributed by atoms with Gasteiger partial charge >= 0.3 is 0 Å². The van der Waals surface area contributed by atoms with Crippen LogP contribution in [-0.2, 0) is 0 Å². The highest BCUT2D eigenvalue weighted by atomic mass is 35.5. The summed E-state index contributed by atoms with van der Waals surface area (Å²) in [7, 11) is 0. The van der Waals surface area contributed by atoms with Gasteiger partial charge in [-0.25, -0.2) is 0 Å². The minimum Gasteiger partial charge on any atom is -0.382 e. The van der Waals surface area contributed by atoms with Crippen LogP contribution in [0.15, 0.2) is 85.1 Å². The highest BCUT2D eigenvalue weighted by Gasteiger charge is 2.31. The molecule has 0 aliphatic heterocycles. The van der Waals surface area contributed by atoms with Gasteiger partial charge in [0, 0.05) is 39.6 Å². The number of hydrogen-bond donors (Lipinski definition) is 2. The van der Waals surface area contributed by atoms with E-state index in [0.29, 0.717) is 6.04 Å². The molecule has 2 N–H and O–H groups in total. The largest absolute Gasteiger partial charge is 0.382 e. The van der Waals surface area contributed by atoms with Crippen LogP contribution in [0.5, 0.6) is 0 Å². The number of benzene rings is 3. The summed E-state index contributed by atoms with van der Waals surface area (Å²) >= 11 is 6.15. The van der Waals surface area contributed by atoms with Gasteiger partial charge in [-0.15, -0.1) is 0 Å². The molecule has 0 amide bonds. The van der Waals surface area contributed by atoms with E-state index in [1.807, 2.05) is 18.3 Å². The van der Waals surface area contributed by atoms with E-state index in [1.54, 1.807) is 0 Å². The van der Waals surface area contributed by atoms with Gasteiger partial charge in [0.1, 0.15) is 0 Å². The Hall–Kier alpha value is -3.04. The van der Waals surface area contributed by atoms with E-state index in [1.165, 1.54) is 16.8 Å². The molecule has 3 nitrogen and oxygen atoms in total. The number of aromatic nitrogens is 1. The molecule has 1 aliphatic rings. The van der Waals surface area contributed by atoms with Gasteiger partial charge in [-0.1, -0.05) is 54.1 Å². The molecule has 0 atom stereocenters. The van der Waals surface area contributed by atoms with E-state index < -0.39 is 0 Å². The first-order valence-corrected chi connectivity index (χ1v) is 11.7. The predicted octanol–water partition coefficient (Wildman–Crippen LogP) is 7.78. The molecular weight excluding hydrogens is 414 g/mol. The van der Waals surface area contributed by atoms with Crippen molar-refractivity contribution in [3.63, 3.8) is 0 Å². The van der Waals surface area contributed by atoms with Gasteiger partial charge in [-0.05, 0) is 80.1 Å². The normalized spacial score (nSPS) is 20.8. The Morgan fingerprint density at radius 3 is 2.34 bits per heavy atom. The second-order valence-corrected chi connectivity index (χ2v) is 9.50. The van der Waals surface area contributed by atoms with Crippen molar-refractivity contribution in [3.8, 4) is 11.1 Å². The summed E-state index contributed by atoms with van der Waals surface area (Å²) in [5, 5.41) is 9.40. The molecule has 0 unspecified atom stereocenters. The highest BCUT2D eigenvalue weighted by Crippen LogP contribution is 2.35. The second-order valence-electron chi connectivity index (χ2n) is 9.07. The van der Waals surface area contributed by atoms with Crippen molar-refractivity contribution in [1.29, 1.82) is 0 Å². The van der Waals surface area contributed by atoms with Crippen molar-refractivity contribution < 1.29 is 0 Å². The summed E-state index contributed by atoms with van der Waals surface area (Å²) in [5.74, 6) is 0. The standard InChI is InChI=1S/C28H28ClN3/c1-28(32-26-15-18-30-27-19-22(29)9-12-25(26)27)16-13-24(14-17-28)31-23-10-7-21(8-11-23)20-5-3-2-4-6-20/h2-12,15,18-19,24,31H,13-14,16-17H2,1H3,(H,30,32). The zero-order valence-electron chi connectivity index (χ0n) is 18.3. The van der Waals surface area contributed by atoms with Crippen molar-refractivity contribution in [1.82, 2.24) is 4.98 Å². The molecule has 5 rings (SSSR count). The molecule has 162 valence electrons. The molecule has 0 radical (unpaired) electrons. The van der Waals surface area contributed by atoms with Gasteiger partial charge in [0.05, 0.1) is 5.52 Å². The molecule has 1 aliphatic carbocycles. The third-order valence-corrected chi connectivity index (χ3v) is 6.83. The highest BCUT2D eigenvalue weighted by molar-refractivity contribution is 6.31. The maximum Gasteiger partial charge on any atom is 0.0737 e. The number of rotatable bonds is 5. The van der Waals surface area contributed by atoms with Crippen LogP contribution >= 0.6 is 11.6 Å². The van der Waals surface area contributed by atoms with Gasteiger partial charge in [-0.3, -0.25) is 4.98 Å². The first-order chi connectivity index (χ1) is 15.6. The molecule has 1 fully saturated rings. The number of nitrogens with one attached hydrogen (secondary N) is 2. The fourth-order valence-corrected chi connectivity index (χ4v) is 4.87.